The highest BCUT2D eigenvalue weighted by atomic mass is 32.2. The monoisotopic (exact) mass is 374 g/mol. The van der Waals surface area contributed by atoms with Crippen molar-refractivity contribution < 1.29 is 13.2 Å². The van der Waals surface area contributed by atoms with Crippen LogP contribution in [0.5, 0.6) is 5.75 Å². The summed E-state index contributed by atoms with van der Waals surface area (Å²) < 4.78 is 33.8. The van der Waals surface area contributed by atoms with Gasteiger partial charge in [0.05, 0.1) is 12.0 Å². The Morgan fingerprint density at radius 2 is 2.04 bits per heavy atom. The van der Waals surface area contributed by atoms with Crippen LogP contribution in [-0.2, 0) is 10.0 Å². The minimum absolute atomic E-state index is 0.153. The zero-order valence-electron chi connectivity index (χ0n) is 14.0. The second-order valence-electron chi connectivity index (χ2n) is 5.22. The van der Waals surface area contributed by atoms with Crippen LogP contribution < -0.4 is 14.8 Å². The molecule has 2 N–H and O–H groups in total. The lowest BCUT2D eigenvalue weighted by Gasteiger charge is -2.10. The van der Waals surface area contributed by atoms with E-state index >= 15 is 0 Å². The summed E-state index contributed by atoms with van der Waals surface area (Å²) in [6, 6.07) is 9.82. The van der Waals surface area contributed by atoms with Gasteiger partial charge < -0.3 is 10.1 Å². The van der Waals surface area contributed by atoms with Crippen molar-refractivity contribution in [2.75, 3.05) is 25.5 Å². The molecule has 9 nitrogen and oxygen atoms in total. The Morgan fingerprint density at radius 1 is 1.15 bits per heavy atom. The average Bonchev–Trinajstić information content (AvgIpc) is 3.20. The van der Waals surface area contributed by atoms with Crippen molar-refractivity contribution in [2.45, 2.75) is 4.90 Å². The third-order valence-electron chi connectivity index (χ3n) is 3.47. The van der Waals surface area contributed by atoms with Crippen LogP contribution >= 0.6 is 0 Å². The van der Waals surface area contributed by atoms with Crippen molar-refractivity contribution in [3.05, 3.63) is 55.1 Å². The number of sulfonamides is 1. The average molecular weight is 374 g/mol. The highest BCUT2D eigenvalue weighted by Crippen LogP contribution is 2.16. The summed E-state index contributed by atoms with van der Waals surface area (Å²) in [5.74, 6) is 1.67. The highest BCUT2D eigenvalue weighted by molar-refractivity contribution is 7.89. The molecule has 0 amide bonds. The van der Waals surface area contributed by atoms with Gasteiger partial charge >= 0.3 is 0 Å². The van der Waals surface area contributed by atoms with Gasteiger partial charge in [-0.05, 0) is 18.2 Å². The molecule has 0 atom stereocenters. The fourth-order valence-corrected chi connectivity index (χ4v) is 3.27. The van der Waals surface area contributed by atoms with E-state index in [9.17, 15) is 8.42 Å². The number of nitrogens with zero attached hydrogens (tertiary/aromatic N) is 4. The lowest BCUT2D eigenvalue weighted by atomic mass is 10.3. The van der Waals surface area contributed by atoms with E-state index in [1.54, 1.807) is 41.3 Å². The van der Waals surface area contributed by atoms with Crippen LogP contribution in [0, 0.1) is 0 Å². The molecule has 0 radical (unpaired) electrons. The lowest BCUT2D eigenvalue weighted by Crippen LogP contribution is -2.29. The fourth-order valence-electron chi connectivity index (χ4n) is 2.20. The van der Waals surface area contributed by atoms with E-state index in [4.69, 9.17) is 4.74 Å². The number of ether oxygens (including phenoxy) is 1. The number of rotatable bonds is 8. The number of hydrogen-bond acceptors (Lipinski definition) is 7. The van der Waals surface area contributed by atoms with E-state index in [0.717, 1.165) is 0 Å². The number of aromatic nitrogens is 4. The number of methoxy groups -OCH3 is 1. The molecule has 0 saturated carbocycles. The Morgan fingerprint density at radius 3 is 2.81 bits per heavy atom. The van der Waals surface area contributed by atoms with Gasteiger partial charge in [0.15, 0.2) is 5.82 Å². The van der Waals surface area contributed by atoms with Gasteiger partial charge in [0.1, 0.15) is 17.9 Å². The Balaban J connectivity index is 1.56. The molecule has 136 valence electrons. The van der Waals surface area contributed by atoms with Gasteiger partial charge in [0.2, 0.25) is 10.0 Å². The molecule has 3 aromatic rings. The largest absolute Gasteiger partial charge is 0.497 e. The molecule has 2 heterocycles. The van der Waals surface area contributed by atoms with E-state index in [0.29, 0.717) is 23.9 Å². The molecule has 10 heteroatoms. The zero-order chi connectivity index (χ0) is 18.4. The van der Waals surface area contributed by atoms with Gasteiger partial charge in [-0.1, -0.05) is 6.07 Å². The Hall–Kier alpha value is -2.98. The van der Waals surface area contributed by atoms with Crippen LogP contribution in [0.25, 0.3) is 5.82 Å². The first-order chi connectivity index (χ1) is 12.6. The number of hydrogen-bond donors (Lipinski definition) is 2. The third kappa shape index (κ3) is 4.35. The summed E-state index contributed by atoms with van der Waals surface area (Å²) in [5, 5.41) is 7.15. The maximum absolute atomic E-state index is 12.3. The van der Waals surface area contributed by atoms with Gasteiger partial charge in [-0.3, -0.25) is 0 Å². The summed E-state index contributed by atoms with van der Waals surface area (Å²) >= 11 is 0. The lowest BCUT2D eigenvalue weighted by molar-refractivity contribution is 0.413. The zero-order valence-corrected chi connectivity index (χ0v) is 14.8. The Kier molecular flexibility index (Phi) is 5.44. The van der Waals surface area contributed by atoms with Crippen LogP contribution in [0.15, 0.2) is 60.0 Å². The summed E-state index contributed by atoms with van der Waals surface area (Å²) in [5.41, 5.74) is 0. The van der Waals surface area contributed by atoms with Crippen LogP contribution in [0.4, 0.5) is 5.82 Å². The molecular formula is C16H18N6O3S. The molecule has 0 aliphatic carbocycles. The molecule has 0 aliphatic heterocycles. The second kappa shape index (κ2) is 7.93. The predicted octanol–water partition coefficient (Wildman–Crippen LogP) is 1.06. The van der Waals surface area contributed by atoms with Gasteiger partial charge in [0, 0.05) is 37.6 Å². The van der Waals surface area contributed by atoms with Crippen LogP contribution in [0.2, 0.25) is 0 Å². The van der Waals surface area contributed by atoms with Gasteiger partial charge in [-0.2, -0.15) is 5.10 Å². The summed E-state index contributed by atoms with van der Waals surface area (Å²) in [4.78, 5) is 8.39. The number of nitrogens with one attached hydrogen (secondary N) is 2. The SMILES string of the molecule is COc1cccc(S(=O)(=O)NCCNc2cc(-n3cccn3)ncn2)c1. The van der Waals surface area contributed by atoms with Crippen LogP contribution in [0.3, 0.4) is 0 Å². The van der Waals surface area contributed by atoms with Crippen LogP contribution in [-0.4, -0.2) is 48.4 Å². The maximum Gasteiger partial charge on any atom is 0.240 e. The number of anilines is 1. The minimum atomic E-state index is -3.61. The van der Waals surface area contributed by atoms with Gasteiger partial charge in [-0.15, -0.1) is 0 Å². The predicted molar refractivity (Wildman–Crippen MR) is 95.8 cm³/mol. The van der Waals surface area contributed by atoms with E-state index in [1.807, 2.05) is 0 Å². The Labute approximate surface area is 151 Å². The van der Waals surface area contributed by atoms with Crippen LogP contribution in [0.1, 0.15) is 0 Å². The van der Waals surface area contributed by atoms with Crippen molar-refractivity contribution in [1.82, 2.24) is 24.5 Å². The Bertz CT molecular complexity index is 960. The van der Waals surface area contributed by atoms with Gasteiger partial charge in [-0.25, -0.2) is 27.8 Å². The summed E-state index contributed by atoms with van der Waals surface area (Å²) in [6.07, 6.45) is 4.84. The third-order valence-corrected chi connectivity index (χ3v) is 4.93. The maximum atomic E-state index is 12.3. The van der Waals surface area contributed by atoms with E-state index in [1.165, 1.54) is 25.6 Å². The highest BCUT2D eigenvalue weighted by Gasteiger charge is 2.13. The van der Waals surface area contributed by atoms with Crippen molar-refractivity contribution in [2.24, 2.45) is 0 Å². The molecule has 0 spiro atoms. The first kappa shape index (κ1) is 17.8. The molecular weight excluding hydrogens is 356 g/mol. The van der Waals surface area contributed by atoms with Crippen molar-refractivity contribution >= 4 is 15.8 Å². The van der Waals surface area contributed by atoms with Gasteiger partial charge in [0.25, 0.3) is 0 Å². The quantitative estimate of drug-likeness (QED) is 0.567. The molecule has 0 saturated heterocycles. The first-order valence-corrected chi connectivity index (χ1v) is 9.26. The molecule has 26 heavy (non-hydrogen) atoms. The van der Waals surface area contributed by atoms with Crippen molar-refractivity contribution in [1.29, 1.82) is 0 Å². The fraction of sp³-hybridized carbons (Fsp3) is 0.188. The molecule has 3 rings (SSSR count). The minimum Gasteiger partial charge on any atom is -0.497 e. The summed E-state index contributed by atoms with van der Waals surface area (Å²) in [7, 11) is -2.12. The standard InChI is InChI=1S/C16H18N6O3S/c1-25-13-4-2-5-14(10-13)26(23,24)21-8-7-17-15-11-16(19-12-18-15)22-9-3-6-20-22/h2-6,9-12,21H,7-8H2,1H3,(H,17,18,19). The van der Waals surface area contributed by atoms with E-state index < -0.39 is 10.0 Å². The summed E-state index contributed by atoms with van der Waals surface area (Å²) in [6.45, 7) is 0.555. The normalized spacial score (nSPS) is 11.3. The molecule has 1 aromatic carbocycles. The van der Waals surface area contributed by atoms with E-state index in [2.05, 4.69) is 25.1 Å². The molecule has 0 unspecified atom stereocenters. The molecule has 0 aliphatic rings. The molecule has 2 aromatic heterocycles. The van der Waals surface area contributed by atoms with Crippen molar-refractivity contribution in [3.63, 3.8) is 0 Å². The molecule has 0 bridgehead atoms. The second-order valence-corrected chi connectivity index (χ2v) is 6.98. The van der Waals surface area contributed by atoms with Crippen molar-refractivity contribution in [3.8, 4) is 11.6 Å². The molecule has 0 fully saturated rings. The smallest absolute Gasteiger partial charge is 0.240 e. The van der Waals surface area contributed by atoms with E-state index in [-0.39, 0.29) is 11.4 Å². The topological polar surface area (TPSA) is 111 Å². The first-order valence-electron chi connectivity index (χ1n) is 7.78. The number of benzene rings is 1.